The largest absolute Gasteiger partial charge is 0.361 e. The number of carbonyl (C=O) groups is 3. The second-order valence-corrected chi connectivity index (χ2v) is 10.3. The zero-order chi connectivity index (χ0) is 26.2. The molecule has 0 saturated heterocycles. The first kappa shape index (κ1) is 24.2. The Kier molecular flexibility index (Phi) is 6.24. The fourth-order valence-corrected chi connectivity index (χ4v) is 5.35. The molecular weight excluding hydrogens is 494 g/mol. The molecule has 1 aliphatic heterocycles. The number of amides is 3. The third-order valence-electron chi connectivity index (χ3n) is 6.10. The van der Waals surface area contributed by atoms with Gasteiger partial charge in [0.15, 0.2) is 0 Å². The Bertz CT molecular complexity index is 1630. The number of aromatic nitrogens is 1. The van der Waals surface area contributed by atoms with Crippen LogP contribution >= 0.6 is 0 Å². The molecule has 3 amide bonds. The summed E-state index contributed by atoms with van der Waals surface area (Å²) in [7, 11) is -4.09. The molecule has 2 heterocycles. The monoisotopic (exact) mass is 517 g/mol. The van der Waals surface area contributed by atoms with Crippen molar-refractivity contribution in [2.75, 3.05) is 11.9 Å². The zero-order valence-electron chi connectivity index (χ0n) is 19.7. The van der Waals surface area contributed by atoms with Crippen molar-refractivity contribution in [1.82, 2.24) is 20.1 Å². The number of aromatic amines is 1. The quantitative estimate of drug-likeness (QED) is 0.279. The van der Waals surface area contributed by atoms with E-state index in [1.165, 1.54) is 36.1 Å². The van der Waals surface area contributed by atoms with Gasteiger partial charge in [0.1, 0.15) is 6.54 Å². The highest BCUT2D eigenvalue weighted by atomic mass is 32.2. The van der Waals surface area contributed by atoms with E-state index in [1.807, 2.05) is 42.6 Å². The van der Waals surface area contributed by atoms with Gasteiger partial charge in [0, 0.05) is 40.8 Å². The Labute approximate surface area is 212 Å². The lowest BCUT2D eigenvalue weighted by Crippen LogP contribution is -2.47. The summed E-state index contributed by atoms with van der Waals surface area (Å²) in [6.45, 7) is 0.968. The molecule has 1 aromatic heterocycles. The molecular formula is C26H23N5O5S. The van der Waals surface area contributed by atoms with Crippen LogP contribution in [0.4, 0.5) is 5.69 Å². The molecule has 4 N–H and O–H groups in total. The SMILES string of the molecule is CC(=O)Nc1ccc(S(=O)(=O)NNC(=O)CN2C(=O)c3ccccc3C2c2c[nH]c3ccccc23)cc1. The summed E-state index contributed by atoms with van der Waals surface area (Å²) >= 11 is 0. The predicted octanol–water partition coefficient (Wildman–Crippen LogP) is 2.68. The Morgan fingerprint density at radius 1 is 0.946 bits per heavy atom. The van der Waals surface area contributed by atoms with E-state index in [2.05, 4.69) is 20.6 Å². The molecule has 0 spiro atoms. The van der Waals surface area contributed by atoms with Crippen LogP contribution in [0, 0.1) is 0 Å². The maximum absolute atomic E-state index is 13.3. The molecule has 0 radical (unpaired) electrons. The average Bonchev–Trinajstić information content (AvgIpc) is 3.42. The molecule has 1 atom stereocenters. The second kappa shape index (κ2) is 9.52. The van der Waals surface area contributed by atoms with Crippen LogP contribution < -0.4 is 15.6 Å². The van der Waals surface area contributed by atoms with Gasteiger partial charge in [0.25, 0.3) is 21.8 Å². The minimum atomic E-state index is -4.09. The van der Waals surface area contributed by atoms with Crippen LogP contribution in [-0.2, 0) is 19.6 Å². The van der Waals surface area contributed by atoms with Crippen LogP contribution in [0.25, 0.3) is 10.9 Å². The highest BCUT2D eigenvalue weighted by Crippen LogP contribution is 2.40. The van der Waals surface area contributed by atoms with Crippen molar-refractivity contribution in [1.29, 1.82) is 0 Å². The zero-order valence-corrected chi connectivity index (χ0v) is 20.5. The lowest BCUT2D eigenvalue weighted by Gasteiger charge is -2.25. The van der Waals surface area contributed by atoms with Crippen molar-refractivity contribution in [3.05, 3.63) is 95.7 Å². The molecule has 10 nitrogen and oxygen atoms in total. The van der Waals surface area contributed by atoms with Gasteiger partial charge in [-0.3, -0.25) is 19.8 Å². The minimum absolute atomic E-state index is 0.108. The van der Waals surface area contributed by atoms with E-state index in [4.69, 9.17) is 0 Å². The number of hydrazine groups is 1. The first-order chi connectivity index (χ1) is 17.7. The Hall–Kier alpha value is -4.48. The van der Waals surface area contributed by atoms with Gasteiger partial charge in [-0.15, -0.1) is 4.83 Å². The van der Waals surface area contributed by atoms with Crippen LogP contribution in [-0.4, -0.2) is 42.6 Å². The van der Waals surface area contributed by atoms with Crippen molar-refractivity contribution in [3.8, 4) is 0 Å². The molecule has 0 fully saturated rings. The number of fused-ring (bicyclic) bond motifs is 2. The van der Waals surface area contributed by atoms with Gasteiger partial charge in [-0.05, 0) is 42.0 Å². The summed E-state index contributed by atoms with van der Waals surface area (Å²) in [5.41, 5.74) is 5.63. The second-order valence-electron chi connectivity index (χ2n) is 8.57. The lowest BCUT2D eigenvalue weighted by molar-refractivity contribution is -0.122. The smallest absolute Gasteiger partial charge is 0.257 e. The molecule has 0 saturated carbocycles. The van der Waals surface area contributed by atoms with Crippen molar-refractivity contribution in [3.63, 3.8) is 0 Å². The van der Waals surface area contributed by atoms with Gasteiger partial charge >= 0.3 is 0 Å². The van der Waals surface area contributed by atoms with E-state index in [1.54, 1.807) is 12.1 Å². The van der Waals surface area contributed by atoms with E-state index in [9.17, 15) is 22.8 Å². The summed E-state index contributed by atoms with van der Waals surface area (Å²) in [4.78, 5) is 43.9. The first-order valence-electron chi connectivity index (χ1n) is 11.4. The number of para-hydroxylation sites is 1. The van der Waals surface area contributed by atoms with E-state index in [-0.39, 0.29) is 23.3 Å². The van der Waals surface area contributed by atoms with E-state index < -0.39 is 22.0 Å². The number of rotatable bonds is 7. The average molecular weight is 518 g/mol. The van der Waals surface area contributed by atoms with Crippen LogP contribution in [0.5, 0.6) is 0 Å². The number of carbonyl (C=O) groups excluding carboxylic acids is 3. The molecule has 37 heavy (non-hydrogen) atoms. The molecule has 0 bridgehead atoms. The number of sulfonamides is 1. The van der Waals surface area contributed by atoms with Crippen LogP contribution in [0.3, 0.4) is 0 Å². The van der Waals surface area contributed by atoms with Crippen molar-refractivity contribution >= 4 is 44.3 Å². The number of nitrogens with zero attached hydrogens (tertiary/aromatic N) is 1. The summed E-state index contributed by atoms with van der Waals surface area (Å²) in [6.07, 6.45) is 1.82. The Balaban J connectivity index is 1.34. The van der Waals surface area contributed by atoms with Crippen molar-refractivity contribution in [2.45, 2.75) is 17.9 Å². The minimum Gasteiger partial charge on any atom is -0.361 e. The van der Waals surface area contributed by atoms with Gasteiger partial charge in [-0.2, -0.15) is 0 Å². The third-order valence-corrected chi connectivity index (χ3v) is 7.36. The normalized spacial score (nSPS) is 15.0. The highest BCUT2D eigenvalue weighted by molar-refractivity contribution is 7.89. The molecule has 0 aliphatic carbocycles. The number of anilines is 1. The van der Waals surface area contributed by atoms with E-state index in [0.717, 1.165) is 22.0 Å². The van der Waals surface area contributed by atoms with Gasteiger partial charge in [0.05, 0.1) is 10.9 Å². The van der Waals surface area contributed by atoms with Crippen LogP contribution in [0.1, 0.15) is 34.5 Å². The van der Waals surface area contributed by atoms with Gasteiger partial charge in [0.2, 0.25) is 5.91 Å². The summed E-state index contributed by atoms with van der Waals surface area (Å²) in [6, 6.07) is 19.8. The Morgan fingerprint density at radius 3 is 2.41 bits per heavy atom. The third kappa shape index (κ3) is 4.69. The van der Waals surface area contributed by atoms with Crippen molar-refractivity contribution in [2.24, 2.45) is 0 Å². The maximum Gasteiger partial charge on any atom is 0.257 e. The Morgan fingerprint density at radius 2 is 1.65 bits per heavy atom. The lowest BCUT2D eigenvalue weighted by atomic mass is 9.97. The topological polar surface area (TPSA) is 140 Å². The van der Waals surface area contributed by atoms with Crippen molar-refractivity contribution < 1.29 is 22.8 Å². The molecule has 11 heteroatoms. The molecule has 1 aliphatic rings. The van der Waals surface area contributed by atoms with Gasteiger partial charge < -0.3 is 15.2 Å². The summed E-state index contributed by atoms with van der Waals surface area (Å²) < 4.78 is 25.3. The first-order valence-corrected chi connectivity index (χ1v) is 12.9. The molecule has 5 rings (SSSR count). The number of hydrogen-bond acceptors (Lipinski definition) is 5. The fraction of sp³-hybridized carbons (Fsp3) is 0.115. The molecule has 1 unspecified atom stereocenters. The maximum atomic E-state index is 13.3. The number of nitrogens with one attached hydrogen (secondary N) is 4. The number of benzene rings is 3. The summed E-state index contributed by atoms with van der Waals surface area (Å²) in [5, 5.41) is 3.47. The number of hydrogen-bond donors (Lipinski definition) is 4. The number of H-pyrrole nitrogens is 1. The molecule has 3 aromatic carbocycles. The van der Waals surface area contributed by atoms with Crippen LogP contribution in [0.2, 0.25) is 0 Å². The highest BCUT2D eigenvalue weighted by Gasteiger charge is 2.39. The standard InChI is InChI=1S/C26H23N5O5S/c1-16(32)28-17-10-12-18(13-11-17)37(35,36)30-29-24(33)15-31-25(20-7-2-3-8-21(20)26(31)34)22-14-27-23-9-5-4-6-19(22)23/h2-14,25,27,30H,15H2,1H3,(H,28,32)(H,29,33). The van der Waals surface area contributed by atoms with Gasteiger partial charge in [-0.1, -0.05) is 36.4 Å². The molecule has 4 aromatic rings. The summed E-state index contributed by atoms with van der Waals surface area (Å²) in [5.74, 6) is -1.31. The molecule has 188 valence electrons. The van der Waals surface area contributed by atoms with Gasteiger partial charge in [-0.25, -0.2) is 8.42 Å². The predicted molar refractivity (Wildman–Crippen MR) is 137 cm³/mol. The van der Waals surface area contributed by atoms with E-state index >= 15 is 0 Å². The van der Waals surface area contributed by atoms with E-state index in [0.29, 0.717) is 11.3 Å². The fourth-order valence-electron chi connectivity index (χ4n) is 4.49. The van der Waals surface area contributed by atoms with Crippen LogP contribution in [0.15, 0.2) is 83.9 Å².